The van der Waals surface area contributed by atoms with Crippen LogP contribution in [-0.2, 0) is 0 Å². The molecule has 4 aliphatic rings. The van der Waals surface area contributed by atoms with E-state index in [0.717, 1.165) is 23.7 Å². The minimum Gasteiger partial charge on any atom is -0.0625 e. The predicted octanol–water partition coefficient (Wildman–Crippen LogP) is 4.49. The Hall–Kier alpha value is 0. The molecule has 2 unspecified atom stereocenters. The molecule has 86 valence electrons. The van der Waals surface area contributed by atoms with Gasteiger partial charge in [0.2, 0.25) is 0 Å². The van der Waals surface area contributed by atoms with Crippen molar-refractivity contribution >= 4 is 0 Å². The maximum atomic E-state index is 2.62. The molecule has 0 aliphatic heterocycles. The fourth-order valence-corrected chi connectivity index (χ4v) is 5.34. The van der Waals surface area contributed by atoms with Gasteiger partial charge in [0.05, 0.1) is 0 Å². The van der Waals surface area contributed by atoms with Crippen molar-refractivity contribution in [3.05, 3.63) is 0 Å². The second-order valence-corrected chi connectivity index (χ2v) is 7.62. The summed E-state index contributed by atoms with van der Waals surface area (Å²) >= 11 is 0. The molecular weight excluding hydrogens is 180 g/mol. The zero-order valence-corrected chi connectivity index (χ0v) is 10.8. The van der Waals surface area contributed by atoms with Gasteiger partial charge in [0.15, 0.2) is 0 Å². The van der Waals surface area contributed by atoms with Crippen LogP contribution in [0.2, 0.25) is 0 Å². The van der Waals surface area contributed by atoms with E-state index < -0.39 is 0 Å². The van der Waals surface area contributed by atoms with Gasteiger partial charge in [-0.25, -0.2) is 0 Å². The minimum absolute atomic E-state index is 0.672. The molecule has 0 radical (unpaired) electrons. The maximum absolute atomic E-state index is 2.62. The third-order valence-corrected chi connectivity index (χ3v) is 6.63. The van der Waals surface area contributed by atoms with Crippen molar-refractivity contribution in [1.29, 1.82) is 0 Å². The van der Waals surface area contributed by atoms with Crippen LogP contribution in [0.1, 0.15) is 59.8 Å². The molecule has 0 saturated heterocycles. The van der Waals surface area contributed by atoms with Crippen LogP contribution in [0.15, 0.2) is 0 Å². The average molecular weight is 206 g/mol. The lowest BCUT2D eigenvalue weighted by Crippen LogP contribution is -2.61. The van der Waals surface area contributed by atoms with Gasteiger partial charge in [-0.05, 0) is 60.2 Å². The van der Waals surface area contributed by atoms with Crippen molar-refractivity contribution in [1.82, 2.24) is 0 Å². The van der Waals surface area contributed by atoms with Gasteiger partial charge < -0.3 is 0 Å². The normalized spacial score (nSPS) is 56.8. The van der Waals surface area contributed by atoms with Gasteiger partial charge in [-0.3, -0.25) is 0 Å². The van der Waals surface area contributed by atoms with Crippen molar-refractivity contribution in [3.8, 4) is 0 Å². The van der Waals surface area contributed by atoms with E-state index in [9.17, 15) is 0 Å². The highest BCUT2D eigenvalue weighted by molar-refractivity contribution is 5.12. The fourth-order valence-electron chi connectivity index (χ4n) is 5.34. The van der Waals surface area contributed by atoms with Gasteiger partial charge in [-0.15, -0.1) is 0 Å². The van der Waals surface area contributed by atoms with Gasteiger partial charge in [0.1, 0.15) is 0 Å². The van der Waals surface area contributed by atoms with Crippen molar-refractivity contribution in [2.75, 3.05) is 0 Å². The number of rotatable bonds is 0. The molecule has 15 heavy (non-hydrogen) atoms. The standard InChI is InChI=1S/C15H26/c1-10-5-6-15(4)12(7-10)8-11-9-13(15)14(11,2)3/h10-13H,5-9H2,1-4H3/t10?,11-,12?,13+,15-/m1/s1. The topological polar surface area (TPSA) is 0 Å². The lowest BCUT2D eigenvalue weighted by molar-refractivity contribution is -0.200. The second kappa shape index (κ2) is 2.81. The average Bonchev–Trinajstić information content (AvgIpc) is 2.17. The van der Waals surface area contributed by atoms with E-state index in [2.05, 4.69) is 27.7 Å². The molecule has 2 bridgehead atoms. The van der Waals surface area contributed by atoms with E-state index in [1.165, 1.54) is 19.3 Å². The summed E-state index contributed by atoms with van der Waals surface area (Å²) in [6, 6.07) is 0. The Morgan fingerprint density at radius 2 is 1.67 bits per heavy atom. The first kappa shape index (κ1) is 10.2. The van der Waals surface area contributed by atoms with Crippen LogP contribution >= 0.6 is 0 Å². The van der Waals surface area contributed by atoms with E-state index in [4.69, 9.17) is 0 Å². The van der Waals surface area contributed by atoms with Crippen molar-refractivity contribution in [3.63, 3.8) is 0 Å². The Bertz CT molecular complexity index is 278. The Labute approximate surface area is 94.8 Å². The van der Waals surface area contributed by atoms with Crippen molar-refractivity contribution < 1.29 is 0 Å². The zero-order valence-electron chi connectivity index (χ0n) is 10.8. The van der Waals surface area contributed by atoms with Crippen LogP contribution in [-0.4, -0.2) is 0 Å². The lowest BCUT2D eigenvalue weighted by Gasteiger charge is -2.69. The summed E-state index contributed by atoms with van der Waals surface area (Å²) in [4.78, 5) is 0. The first-order valence-electron chi connectivity index (χ1n) is 6.94. The minimum atomic E-state index is 0.672. The monoisotopic (exact) mass is 206 g/mol. The Kier molecular flexibility index (Phi) is 1.91. The van der Waals surface area contributed by atoms with E-state index in [0.29, 0.717) is 10.8 Å². The summed E-state index contributed by atoms with van der Waals surface area (Å²) in [5.74, 6) is 4.17. The van der Waals surface area contributed by atoms with E-state index in [-0.39, 0.29) is 0 Å². The summed E-state index contributed by atoms with van der Waals surface area (Å²) < 4.78 is 0. The molecular formula is C15H26. The Morgan fingerprint density at radius 3 is 2.33 bits per heavy atom. The third-order valence-electron chi connectivity index (χ3n) is 6.63. The van der Waals surface area contributed by atoms with E-state index >= 15 is 0 Å². The van der Waals surface area contributed by atoms with Gasteiger partial charge in [0, 0.05) is 0 Å². The van der Waals surface area contributed by atoms with Gasteiger partial charge in [0.25, 0.3) is 0 Å². The molecule has 0 N–H and O–H groups in total. The second-order valence-electron chi connectivity index (χ2n) is 7.62. The quantitative estimate of drug-likeness (QED) is 0.547. The summed E-state index contributed by atoms with van der Waals surface area (Å²) in [6.07, 6.45) is 7.63. The molecule has 0 heterocycles. The summed E-state index contributed by atoms with van der Waals surface area (Å²) in [5, 5.41) is 0. The lowest BCUT2D eigenvalue weighted by atomic mass is 9.36. The van der Waals surface area contributed by atoms with Crippen LogP contribution in [0, 0.1) is 34.5 Å². The third kappa shape index (κ3) is 1.14. The summed E-state index contributed by atoms with van der Waals surface area (Å²) in [6.45, 7) is 10.1. The Balaban J connectivity index is 1.89. The molecule has 4 rings (SSSR count). The molecule has 0 spiro atoms. The summed E-state index contributed by atoms with van der Waals surface area (Å²) in [7, 11) is 0. The highest BCUT2D eigenvalue weighted by atomic mass is 14.7. The molecule has 4 fully saturated rings. The van der Waals surface area contributed by atoms with Crippen LogP contribution in [0.5, 0.6) is 0 Å². The molecule has 4 saturated carbocycles. The molecule has 0 aromatic carbocycles. The van der Waals surface area contributed by atoms with Crippen molar-refractivity contribution in [2.45, 2.75) is 59.8 Å². The van der Waals surface area contributed by atoms with E-state index in [1.54, 1.807) is 12.8 Å². The molecule has 4 aliphatic carbocycles. The SMILES string of the molecule is CC1CC[C@]2(C)C(C1)C[C@@H]1C[C@H]2C1(C)C. The van der Waals surface area contributed by atoms with Gasteiger partial charge in [-0.2, -0.15) is 0 Å². The maximum Gasteiger partial charge on any atom is -0.0264 e. The smallest absolute Gasteiger partial charge is 0.0264 e. The van der Waals surface area contributed by atoms with Gasteiger partial charge >= 0.3 is 0 Å². The Morgan fingerprint density at radius 1 is 0.933 bits per heavy atom. The van der Waals surface area contributed by atoms with Crippen molar-refractivity contribution in [2.24, 2.45) is 34.5 Å². The molecule has 0 amide bonds. The number of hydrogen-bond donors (Lipinski definition) is 0. The molecule has 0 aromatic rings. The van der Waals surface area contributed by atoms with E-state index in [1.807, 2.05) is 0 Å². The predicted molar refractivity (Wildman–Crippen MR) is 64.6 cm³/mol. The van der Waals surface area contributed by atoms with Crippen LogP contribution in [0.25, 0.3) is 0 Å². The zero-order chi connectivity index (χ0) is 10.8. The molecule has 0 aromatic heterocycles. The van der Waals surface area contributed by atoms with Gasteiger partial charge in [-0.1, -0.05) is 34.1 Å². The fraction of sp³-hybridized carbons (Fsp3) is 1.00. The molecule has 0 heteroatoms. The first-order valence-corrected chi connectivity index (χ1v) is 6.94. The van der Waals surface area contributed by atoms with Crippen LogP contribution < -0.4 is 0 Å². The largest absolute Gasteiger partial charge is 0.0625 e. The number of hydrogen-bond acceptors (Lipinski definition) is 0. The van der Waals surface area contributed by atoms with Crippen LogP contribution in [0.4, 0.5) is 0 Å². The molecule has 5 atom stereocenters. The molecule has 0 nitrogen and oxygen atoms in total. The first-order chi connectivity index (χ1) is 6.94. The summed E-state index contributed by atoms with van der Waals surface area (Å²) in [5.41, 5.74) is 1.39. The highest BCUT2D eigenvalue weighted by Gasteiger charge is 2.63. The highest BCUT2D eigenvalue weighted by Crippen LogP contribution is 2.71. The van der Waals surface area contributed by atoms with Crippen LogP contribution in [0.3, 0.4) is 0 Å².